The molecule has 0 aromatic rings. The van der Waals surface area contributed by atoms with Gasteiger partial charge in [0.25, 0.3) is 0 Å². The Morgan fingerprint density at radius 1 is 1.35 bits per heavy atom. The summed E-state index contributed by atoms with van der Waals surface area (Å²) in [5, 5.41) is 8.97. The first-order chi connectivity index (χ1) is 8.18. The van der Waals surface area contributed by atoms with E-state index in [9.17, 15) is 4.79 Å². The quantitative estimate of drug-likeness (QED) is 0.769. The first-order valence-electron chi connectivity index (χ1n) is 6.47. The van der Waals surface area contributed by atoms with Crippen molar-refractivity contribution in [2.45, 2.75) is 31.8 Å². The topological polar surface area (TPSA) is 53.0 Å². The molecule has 0 aliphatic carbocycles. The van der Waals surface area contributed by atoms with E-state index in [4.69, 9.17) is 9.84 Å². The van der Waals surface area contributed by atoms with Crippen LogP contribution in [0.2, 0.25) is 0 Å². The molecule has 0 amide bonds. The van der Waals surface area contributed by atoms with Crippen molar-refractivity contribution < 1.29 is 14.6 Å². The molecule has 2 rings (SSSR count). The summed E-state index contributed by atoms with van der Waals surface area (Å²) in [7, 11) is 0. The molecule has 17 heavy (non-hydrogen) atoms. The predicted molar refractivity (Wildman–Crippen MR) is 64.1 cm³/mol. The Bertz CT molecular complexity index is 258. The standard InChI is InChI=1S/C12H22N2O3/c1-10(12(15)16)13-4-6-14(7-5-13)11-3-2-8-17-9-11/h10-11H,2-9H2,1H3,(H,15,16). The van der Waals surface area contributed by atoms with E-state index in [1.54, 1.807) is 6.92 Å². The van der Waals surface area contributed by atoms with Crippen molar-refractivity contribution in [2.24, 2.45) is 0 Å². The molecule has 2 saturated heterocycles. The number of rotatable bonds is 3. The molecule has 0 spiro atoms. The van der Waals surface area contributed by atoms with Gasteiger partial charge < -0.3 is 9.84 Å². The Hall–Kier alpha value is -0.650. The van der Waals surface area contributed by atoms with Gasteiger partial charge in [-0.05, 0) is 19.8 Å². The van der Waals surface area contributed by atoms with Crippen LogP contribution in [0.1, 0.15) is 19.8 Å². The van der Waals surface area contributed by atoms with Crippen LogP contribution in [0.25, 0.3) is 0 Å². The second-order valence-corrected chi connectivity index (χ2v) is 4.96. The van der Waals surface area contributed by atoms with E-state index >= 15 is 0 Å². The lowest BCUT2D eigenvalue weighted by molar-refractivity contribution is -0.143. The lowest BCUT2D eigenvalue weighted by Gasteiger charge is -2.41. The van der Waals surface area contributed by atoms with E-state index in [1.807, 2.05) is 4.90 Å². The molecule has 2 fully saturated rings. The monoisotopic (exact) mass is 242 g/mol. The van der Waals surface area contributed by atoms with E-state index in [0.29, 0.717) is 6.04 Å². The maximum Gasteiger partial charge on any atom is 0.320 e. The van der Waals surface area contributed by atoms with Gasteiger partial charge in [-0.25, -0.2) is 0 Å². The molecule has 5 nitrogen and oxygen atoms in total. The van der Waals surface area contributed by atoms with Gasteiger partial charge >= 0.3 is 5.97 Å². The Labute approximate surface area is 102 Å². The smallest absolute Gasteiger partial charge is 0.320 e. The summed E-state index contributed by atoms with van der Waals surface area (Å²) in [6, 6.07) is 0.186. The first-order valence-corrected chi connectivity index (χ1v) is 6.47. The van der Waals surface area contributed by atoms with E-state index in [1.165, 1.54) is 6.42 Å². The maximum atomic E-state index is 10.9. The molecule has 1 N–H and O–H groups in total. The van der Waals surface area contributed by atoms with Crippen molar-refractivity contribution in [2.75, 3.05) is 39.4 Å². The molecule has 0 aromatic carbocycles. The number of piperazine rings is 1. The molecule has 0 radical (unpaired) electrons. The van der Waals surface area contributed by atoms with Crippen LogP contribution in [-0.4, -0.2) is 72.4 Å². The average Bonchev–Trinajstić information content (AvgIpc) is 2.39. The fourth-order valence-electron chi connectivity index (χ4n) is 2.66. The minimum Gasteiger partial charge on any atom is -0.480 e. The third-order valence-electron chi connectivity index (χ3n) is 3.91. The lowest BCUT2D eigenvalue weighted by Crippen LogP contribution is -2.55. The Balaban J connectivity index is 1.79. The van der Waals surface area contributed by atoms with Gasteiger partial charge in [0, 0.05) is 38.8 Å². The maximum absolute atomic E-state index is 10.9. The number of carboxylic acid groups (broad SMARTS) is 1. The Kier molecular flexibility index (Phi) is 4.36. The zero-order chi connectivity index (χ0) is 12.3. The predicted octanol–water partition coefficient (Wildman–Crippen LogP) is 0.256. The number of carboxylic acids is 1. The van der Waals surface area contributed by atoms with Gasteiger partial charge in [0.05, 0.1) is 6.61 Å². The van der Waals surface area contributed by atoms with Crippen LogP contribution in [0, 0.1) is 0 Å². The molecule has 0 aromatic heterocycles. The molecule has 0 bridgehead atoms. The van der Waals surface area contributed by atoms with Gasteiger partial charge in [0.2, 0.25) is 0 Å². The van der Waals surface area contributed by atoms with Crippen molar-refractivity contribution in [3.63, 3.8) is 0 Å². The van der Waals surface area contributed by atoms with Crippen LogP contribution in [-0.2, 0) is 9.53 Å². The van der Waals surface area contributed by atoms with Crippen molar-refractivity contribution in [3.8, 4) is 0 Å². The molecule has 2 aliphatic heterocycles. The highest BCUT2D eigenvalue weighted by molar-refractivity contribution is 5.72. The SMILES string of the molecule is CC(C(=O)O)N1CCN(C2CCCOC2)CC1. The third kappa shape index (κ3) is 3.18. The van der Waals surface area contributed by atoms with E-state index in [-0.39, 0.29) is 6.04 Å². The zero-order valence-electron chi connectivity index (χ0n) is 10.5. The van der Waals surface area contributed by atoms with Crippen molar-refractivity contribution in [1.29, 1.82) is 0 Å². The lowest BCUT2D eigenvalue weighted by atomic mass is 10.1. The summed E-state index contributed by atoms with van der Waals surface area (Å²) >= 11 is 0. The van der Waals surface area contributed by atoms with Gasteiger partial charge in [-0.3, -0.25) is 14.6 Å². The van der Waals surface area contributed by atoms with Gasteiger partial charge in [-0.15, -0.1) is 0 Å². The fraction of sp³-hybridized carbons (Fsp3) is 0.917. The summed E-state index contributed by atoms with van der Waals surface area (Å²) in [6.07, 6.45) is 2.37. The molecule has 2 unspecified atom stereocenters. The van der Waals surface area contributed by atoms with Gasteiger partial charge in [0.1, 0.15) is 6.04 Å². The van der Waals surface area contributed by atoms with Crippen molar-refractivity contribution >= 4 is 5.97 Å². The van der Waals surface area contributed by atoms with E-state index < -0.39 is 5.97 Å². The van der Waals surface area contributed by atoms with E-state index in [2.05, 4.69) is 4.90 Å². The second-order valence-electron chi connectivity index (χ2n) is 4.96. The summed E-state index contributed by atoms with van der Waals surface area (Å²) < 4.78 is 5.50. The van der Waals surface area contributed by atoms with Gasteiger partial charge in [-0.2, -0.15) is 0 Å². The number of hydrogen-bond acceptors (Lipinski definition) is 4. The number of hydrogen-bond donors (Lipinski definition) is 1. The number of aliphatic carboxylic acids is 1. The molecule has 2 heterocycles. The van der Waals surface area contributed by atoms with Crippen LogP contribution >= 0.6 is 0 Å². The highest BCUT2D eigenvalue weighted by atomic mass is 16.5. The second kappa shape index (κ2) is 5.80. The first kappa shape index (κ1) is 12.8. The minimum absolute atomic E-state index is 0.361. The zero-order valence-corrected chi connectivity index (χ0v) is 10.5. The average molecular weight is 242 g/mol. The van der Waals surface area contributed by atoms with Gasteiger partial charge in [-0.1, -0.05) is 0 Å². The van der Waals surface area contributed by atoms with Crippen LogP contribution < -0.4 is 0 Å². The molecule has 2 aliphatic rings. The van der Waals surface area contributed by atoms with Crippen molar-refractivity contribution in [3.05, 3.63) is 0 Å². The summed E-state index contributed by atoms with van der Waals surface area (Å²) in [4.78, 5) is 15.4. The highest BCUT2D eigenvalue weighted by Gasteiger charge is 2.29. The molecular formula is C12H22N2O3. The summed E-state index contributed by atoms with van der Waals surface area (Å²) in [5.74, 6) is -0.723. The van der Waals surface area contributed by atoms with Crippen LogP contribution in [0.15, 0.2) is 0 Å². The summed E-state index contributed by atoms with van der Waals surface area (Å²) in [6.45, 7) is 7.13. The summed E-state index contributed by atoms with van der Waals surface area (Å²) in [5.41, 5.74) is 0. The molecular weight excluding hydrogens is 220 g/mol. The Morgan fingerprint density at radius 3 is 2.59 bits per heavy atom. The number of carbonyl (C=O) groups is 1. The third-order valence-corrected chi connectivity index (χ3v) is 3.91. The van der Waals surface area contributed by atoms with Gasteiger partial charge in [0.15, 0.2) is 0 Å². The largest absolute Gasteiger partial charge is 0.480 e. The fourth-order valence-corrected chi connectivity index (χ4v) is 2.66. The normalized spacial score (nSPS) is 30.1. The highest BCUT2D eigenvalue weighted by Crippen LogP contribution is 2.16. The molecule has 2 atom stereocenters. The minimum atomic E-state index is -0.723. The Morgan fingerprint density at radius 2 is 2.06 bits per heavy atom. The number of nitrogens with zero attached hydrogens (tertiary/aromatic N) is 2. The molecule has 0 saturated carbocycles. The number of ether oxygens (including phenoxy) is 1. The molecule has 5 heteroatoms. The van der Waals surface area contributed by atoms with Crippen LogP contribution in [0.5, 0.6) is 0 Å². The van der Waals surface area contributed by atoms with Crippen molar-refractivity contribution in [1.82, 2.24) is 9.80 Å². The molecule has 98 valence electrons. The van der Waals surface area contributed by atoms with E-state index in [0.717, 1.165) is 45.8 Å². The van der Waals surface area contributed by atoms with Crippen LogP contribution in [0.4, 0.5) is 0 Å². The van der Waals surface area contributed by atoms with Crippen LogP contribution in [0.3, 0.4) is 0 Å².